The molecule has 6 nitrogen and oxygen atoms in total. The molecule has 0 aliphatic heterocycles. The highest BCUT2D eigenvalue weighted by Gasteiger charge is 2.22. The van der Waals surface area contributed by atoms with Gasteiger partial charge in [-0.15, -0.1) is 0 Å². The van der Waals surface area contributed by atoms with Crippen molar-refractivity contribution in [1.29, 1.82) is 0 Å². The number of hydrogen-bond donors (Lipinski definition) is 1. The van der Waals surface area contributed by atoms with E-state index in [-0.39, 0.29) is 16.9 Å². The summed E-state index contributed by atoms with van der Waals surface area (Å²) in [7, 11) is -2.36. The Labute approximate surface area is 167 Å². The summed E-state index contributed by atoms with van der Waals surface area (Å²) in [5, 5.41) is 3.91. The second kappa shape index (κ2) is 8.67. The van der Waals surface area contributed by atoms with Gasteiger partial charge in [-0.05, 0) is 35.6 Å². The topological polar surface area (TPSA) is 78.8 Å². The maximum Gasteiger partial charge on any atom is 0.255 e. The van der Waals surface area contributed by atoms with Gasteiger partial charge < -0.3 is 0 Å². The van der Waals surface area contributed by atoms with E-state index < -0.39 is 15.9 Å². The minimum absolute atomic E-state index is 0.0669. The van der Waals surface area contributed by atoms with Gasteiger partial charge in [0.1, 0.15) is 0 Å². The summed E-state index contributed by atoms with van der Waals surface area (Å²) >= 11 is 0. The van der Waals surface area contributed by atoms with Crippen LogP contribution in [0.1, 0.15) is 37.5 Å². The predicted molar refractivity (Wildman–Crippen MR) is 112 cm³/mol. The smallest absolute Gasteiger partial charge is 0.255 e. The number of aryl methyl sites for hydroxylation is 1. The summed E-state index contributed by atoms with van der Waals surface area (Å²) < 4.78 is 26.0. The van der Waals surface area contributed by atoms with Crippen molar-refractivity contribution in [3.8, 4) is 0 Å². The molecular formula is C21H27N3O3S. The number of nitrogens with zero attached hydrogens (tertiary/aromatic N) is 2. The molecule has 0 bridgehead atoms. The second-order valence-corrected chi connectivity index (χ2v) is 9.78. The molecule has 0 spiro atoms. The molecule has 150 valence electrons. The molecule has 0 aliphatic rings. The van der Waals surface area contributed by atoms with Gasteiger partial charge in [0.15, 0.2) is 0 Å². The minimum atomic E-state index is -3.73. The number of nitrogens with one attached hydrogen (secondary N) is 1. The predicted octanol–water partition coefficient (Wildman–Crippen LogP) is 3.06. The van der Waals surface area contributed by atoms with E-state index in [1.165, 1.54) is 31.0 Å². The van der Waals surface area contributed by atoms with Crippen LogP contribution in [0, 0.1) is 6.92 Å². The number of rotatable bonds is 6. The van der Waals surface area contributed by atoms with Gasteiger partial charge in [0.2, 0.25) is 10.0 Å². The van der Waals surface area contributed by atoms with E-state index in [9.17, 15) is 13.2 Å². The lowest BCUT2D eigenvalue weighted by molar-refractivity contribution is -0.121. The molecule has 0 fully saturated rings. The lowest BCUT2D eigenvalue weighted by Gasteiger charge is -2.18. The maximum atomic E-state index is 12.5. The number of sulfonamides is 1. The third-order valence-corrected chi connectivity index (χ3v) is 6.09. The molecule has 2 rings (SSSR count). The fourth-order valence-electron chi connectivity index (χ4n) is 2.46. The molecule has 0 saturated heterocycles. The van der Waals surface area contributed by atoms with Crippen molar-refractivity contribution < 1.29 is 13.2 Å². The molecule has 2 aromatic carbocycles. The summed E-state index contributed by atoms with van der Waals surface area (Å²) in [4.78, 5) is 12.2. The average Bonchev–Trinajstić information content (AvgIpc) is 2.61. The molecule has 28 heavy (non-hydrogen) atoms. The van der Waals surface area contributed by atoms with Crippen molar-refractivity contribution in [1.82, 2.24) is 9.73 Å². The van der Waals surface area contributed by atoms with Crippen molar-refractivity contribution in [3.63, 3.8) is 0 Å². The highest BCUT2D eigenvalue weighted by atomic mass is 32.2. The van der Waals surface area contributed by atoms with Gasteiger partial charge in [0.25, 0.3) is 5.91 Å². The van der Waals surface area contributed by atoms with Crippen LogP contribution in [0.5, 0.6) is 0 Å². The summed E-state index contributed by atoms with van der Waals surface area (Å²) in [6.45, 7) is 7.96. The molecule has 0 unspecified atom stereocenters. The van der Waals surface area contributed by atoms with Crippen LogP contribution in [0.15, 0.2) is 58.5 Å². The molecular weight excluding hydrogens is 374 g/mol. The Kier molecular flexibility index (Phi) is 6.74. The zero-order chi connectivity index (χ0) is 20.9. The largest absolute Gasteiger partial charge is 0.272 e. The van der Waals surface area contributed by atoms with E-state index >= 15 is 0 Å². The summed E-state index contributed by atoms with van der Waals surface area (Å²) in [6.07, 6.45) is 1.53. The molecule has 7 heteroatoms. The number of benzene rings is 2. The number of hydrazone groups is 1. The van der Waals surface area contributed by atoms with Gasteiger partial charge in [0.05, 0.1) is 17.7 Å². The first-order valence-electron chi connectivity index (χ1n) is 8.95. The summed E-state index contributed by atoms with van der Waals surface area (Å²) in [5.74, 6) is -0.513. The standard InChI is InChI=1S/C21H27N3O3S/c1-16-6-12-19(13-7-16)28(26,27)24(5)15-20(25)23-22-14-17-8-10-18(11-9-17)21(2,3)4/h6-14H,15H2,1-5H3,(H,23,25). The highest BCUT2D eigenvalue weighted by Crippen LogP contribution is 2.21. The Balaban J connectivity index is 1.94. The van der Waals surface area contributed by atoms with Crippen LogP contribution in [0.3, 0.4) is 0 Å². The van der Waals surface area contributed by atoms with Crippen molar-refractivity contribution in [2.75, 3.05) is 13.6 Å². The van der Waals surface area contributed by atoms with Crippen molar-refractivity contribution in [2.24, 2.45) is 5.10 Å². The normalized spacial score (nSPS) is 12.5. The van der Waals surface area contributed by atoms with Crippen LogP contribution >= 0.6 is 0 Å². The van der Waals surface area contributed by atoms with E-state index in [2.05, 4.69) is 31.3 Å². The third-order valence-electron chi connectivity index (χ3n) is 4.28. The van der Waals surface area contributed by atoms with Crippen molar-refractivity contribution >= 4 is 22.1 Å². The SMILES string of the molecule is Cc1ccc(S(=O)(=O)N(C)CC(=O)NN=Cc2ccc(C(C)(C)C)cc2)cc1. The van der Waals surface area contributed by atoms with E-state index in [0.29, 0.717) is 0 Å². The van der Waals surface area contributed by atoms with E-state index in [0.717, 1.165) is 15.4 Å². The number of carbonyl (C=O) groups is 1. The molecule has 1 N–H and O–H groups in total. The molecule has 0 atom stereocenters. The first kappa shape index (κ1) is 21.8. The molecule has 0 saturated carbocycles. The van der Waals surface area contributed by atoms with Crippen LogP contribution in [0.4, 0.5) is 0 Å². The first-order chi connectivity index (χ1) is 13.0. The molecule has 1 amide bonds. The van der Waals surface area contributed by atoms with Crippen LogP contribution in [-0.2, 0) is 20.2 Å². The number of amides is 1. The third kappa shape index (κ3) is 5.74. The molecule has 0 aromatic heterocycles. The number of carbonyl (C=O) groups excluding carboxylic acids is 1. The van der Waals surface area contributed by atoms with Crippen LogP contribution < -0.4 is 5.43 Å². The van der Waals surface area contributed by atoms with Crippen LogP contribution in [-0.4, -0.2) is 38.4 Å². The summed E-state index contributed by atoms with van der Waals surface area (Å²) in [5.41, 5.74) is 5.44. The quantitative estimate of drug-likeness (QED) is 0.597. The molecule has 0 heterocycles. The Morgan fingerprint density at radius 2 is 1.64 bits per heavy atom. The van der Waals surface area contributed by atoms with Crippen LogP contribution in [0.2, 0.25) is 0 Å². The van der Waals surface area contributed by atoms with Gasteiger partial charge in [-0.25, -0.2) is 13.8 Å². The fourth-order valence-corrected chi connectivity index (χ4v) is 3.59. The van der Waals surface area contributed by atoms with Gasteiger partial charge in [-0.1, -0.05) is 62.7 Å². The van der Waals surface area contributed by atoms with Crippen molar-refractivity contribution in [2.45, 2.75) is 38.0 Å². The molecule has 0 aliphatic carbocycles. The molecule has 0 radical (unpaired) electrons. The Hall–Kier alpha value is -2.51. The number of hydrogen-bond acceptors (Lipinski definition) is 4. The number of likely N-dealkylation sites (N-methyl/N-ethyl adjacent to an activating group) is 1. The monoisotopic (exact) mass is 401 g/mol. The lowest BCUT2D eigenvalue weighted by atomic mass is 9.87. The van der Waals surface area contributed by atoms with Gasteiger partial charge in [0, 0.05) is 7.05 Å². The zero-order valence-corrected chi connectivity index (χ0v) is 17.7. The van der Waals surface area contributed by atoms with Gasteiger partial charge in [-0.2, -0.15) is 9.41 Å². The zero-order valence-electron chi connectivity index (χ0n) is 16.9. The fraction of sp³-hybridized carbons (Fsp3) is 0.333. The van der Waals surface area contributed by atoms with Gasteiger partial charge in [-0.3, -0.25) is 4.79 Å². The maximum absolute atomic E-state index is 12.5. The van der Waals surface area contributed by atoms with E-state index in [1.54, 1.807) is 12.1 Å². The second-order valence-electron chi connectivity index (χ2n) is 7.74. The Morgan fingerprint density at radius 1 is 1.07 bits per heavy atom. The summed E-state index contributed by atoms with van der Waals surface area (Å²) in [6, 6.07) is 14.4. The van der Waals surface area contributed by atoms with E-state index in [4.69, 9.17) is 0 Å². The minimum Gasteiger partial charge on any atom is -0.272 e. The Morgan fingerprint density at radius 3 is 2.18 bits per heavy atom. The Bertz CT molecular complexity index is 942. The average molecular weight is 402 g/mol. The lowest BCUT2D eigenvalue weighted by Crippen LogP contribution is -2.36. The van der Waals surface area contributed by atoms with Crippen LogP contribution in [0.25, 0.3) is 0 Å². The molecule has 2 aromatic rings. The highest BCUT2D eigenvalue weighted by molar-refractivity contribution is 7.89. The van der Waals surface area contributed by atoms with E-state index in [1.807, 2.05) is 31.2 Å². The first-order valence-corrected chi connectivity index (χ1v) is 10.4. The van der Waals surface area contributed by atoms with Gasteiger partial charge >= 0.3 is 0 Å². The van der Waals surface area contributed by atoms with Crippen molar-refractivity contribution in [3.05, 3.63) is 65.2 Å².